The number of unbranched alkanes of at least 4 members (excludes halogenated alkanes) is 1. The number of sulfonamides is 1. The minimum atomic E-state index is -3.93. The Morgan fingerprint density at radius 3 is 2.37 bits per heavy atom. The van der Waals surface area contributed by atoms with Crippen LogP contribution in [0.15, 0.2) is 59.5 Å². The second-order valence-electron chi connectivity index (χ2n) is 5.93. The summed E-state index contributed by atoms with van der Waals surface area (Å²) in [5.74, 6) is 0.0649. The first-order valence-corrected chi connectivity index (χ1v) is 10.5. The number of rotatable bonds is 10. The van der Waals surface area contributed by atoms with Gasteiger partial charge in [0.1, 0.15) is 12.3 Å². The van der Waals surface area contributed by atoms with E-state index in [1.54, 1.807) is 42.5 Å². The molecule has 0 atom stereocenters. The number of nitrogens with zero attached hydrogens (tertiary/aromatic N) is 1. The smallest absolute Gasteiger partial charge is 0.264 e. The van der Waals surface area contributed by atoms with Crippen molar-refractivity contribution in [2.24, 2.45) is 0 Å². The lowest BCUT2D eigenvalue weighted by atomic mass is 10.3. The molecule has 2 rings (SSSR count). The summed E-state index contributed by atoms with van der Waals surface area (Å²) in [6, 6.07) is 14.9. The molecular formula is C20H26N2O4S. The molecule has 27 heavy (non-hydrogen) atoms. The van der Waals surface area contributed by atoms with E-state index in [4.69, 9.17) is 4.74 Å². The minimum absolute atomic E-state index is 0.123. The molecule has 0 fully saturated rings. The molecule has 0 aromatic heterocycles. The zero-order valence-corrected chi connectivity index (χ0v) is 16.5. The van der Waals surface area contributed by atoms with Gasteiger partial charge in [-0.2, -0.15) is 0 Å². The van der Waals surface area contributed by atoms with Gasteiger partial charge in [-0.25, -0.2) is 8.42 Å². The van der Waals surface area contributed by atoms with Gasteiger partial charge in [0.15, 0.2) is 0 Å². The number of carbonyl (C=O) groups excluding carboxylic acids is 1. The van der Waals surface area contributed by atoms with Gasteiger partial charge in [-0.1, -0.05) is 43.7 Å². The minimum Gasteiger partial charge on any atom is -0.492 e. The third kappa shape index (κ3) is 5.47. The topological polar surface area (TPSA) is 75.7 Å². The van der Waals surface area contributed by atoms with E-state index in [1.165, 1.54) is 12.1 Å². The first-order chi connectivity index (χ1) is 13.0. The molecule has 0 unspecified atom stereocenters. The van der Waals surface area contributed by atoms with Crippen LogP contribution in [0.3, 0.4) is 0 Å². The standard InChI is InChI=1S/C20H26N2O4S/c1-3-5-15-21-20(23)16-22(18-13-9-10-14-19(18)26-4-2)27(24,25)17-11-7-6-8-12-17/h6-14H,3-5,15-16H2,1-2H3,(H,21,23). The highest BCUT2D eigenvalue weighted by Gasteiger charge is 2.29. The van der Waals surface area contributed by atoms with E-state index in [2.05, 4.69) is 5.32 Å². The van der Waals surface area contributed by atoms with E-state index < -0.39 is 10.0 Å². The molecule has 0 radical (unpaired) electrons. The van der Waals surface area contributed by atoms with Crippen LogP contribution in [0.5, 0.6) is 5.75 Å². The molecule has 0 aliphatic rings. The second-order valence-corrected chi connectivity index (χ2v) is 7.79. The Hall–Kier alpha value is -2.54. The largest absolute Gasteiger partial charge is 0.492 e. The molecule has 6 nitrogen and oxygen atoms in total. The van der Waals surface area contributed by atoms with Crippen LogP contribution in [0.2, 0.25) is 0 Å². The quantitative estimate of drug-likeness (QED) is 0.632. The SMILES string of the molecule is CCCCNC(=O)CN(c1ccccc1OCC)S(=O)(=O)c1ccccc1. The zero-order chi connectivity index (χ0) is 19.7. The van der Waals surface area contributed by atoms with Crippen LogP contribution >= 0.6 is 0 Å². The molecule has 0 saturated heterocycles. The Morgan fingerprint density at radius 1 is 1.04 bits per heavy atom. The predicted molar refractivity (Wildman–Crippen MR) is 107 cm³/mol. The average Bonchev–Trinajstić information content (AvgIpc) is 2.68. The molecule has 0 heterocycles. The number of amides is 1. The number of para-hydroxylation sites is 2. The lowest BCUT2D eigenvalue weighted by Gasteiger charge is -2.26. The molecule has 0 aliphatic carbocycles. The highest BCUT2D eigenvalue weighted by molar-refractivity contribution is 7.92. The van der Waals surface area contributed by atoms with Crippen LogP contribution in [0.4, 0.5) is 5.69 Å². The Bertz CT molecular complexity index is 838. The van der Waals surface area contributed by atoms with Gasteiger partial charge in [-0.15, -0.1) is 0 Å². The van der Waals surface area contributed by atoms with Crippen molar-refractivity contribution in [3.05, 3.63) is 54.6 Å². The van der Waals surface area contributed by atoms with Gasteiger partial charge in [0.2, 0.25) is 5.91 Å². The molecule has 0 spiro atoms. The molecule has 0 bridgehead atoms. The highest BCUT2D eigenvalue weighted by atomic mass is 32.2. The lowest BCUT2D eigenvalue weighted by Crippen LogP contribution is -2.41. The van der Waals surface area contributed by atoms with Crippen molar-refractivity contribution < 1.29 is 17.9 Å². The van der Waals surface area contributed by atoms with Gasteiger partial charge in [-0.3, -0.25) is 9.10 Å². The van der Waals surface area contributed by atoms with Gasteiger partial charge in [0, 0.05) is 6.54 Å². The lowest BCUT2D eigenvalue weighted by molar-refractivity contribution is -0.119. The van der Waals surface area contributed by atoms with Crippen molar-refractivity contribution in [2.75, 3.05) is 24.0 Å². The first kappa shape index (κ1) is 20.8. The van der Waals surface area contributed by atoms with Crippen LogP contribution in [-0.2, 0) is 14.8 Å². The molecule has 0 aliphatic heterocycles. The van der Waals surface area contributed by atoms with E-state index in [0.717, 1.165) is 17.1 Å². The van der Waals surface area contributed by atoms with Gasteiger partial charge >= 0.3 is 0 Å². The van der Waals surface area contributed by atoms with Gasteiger partial charge in [0.05, 0.1) is 17.2 Å². The molecule has 2 aromatic carbocycles. The maximum atomic E-state index is 13.2. The Labute approximate surface area is 161 Å². The summed E-state index contributed by atoms with van der Waals surface area (Å²) in [7, 11) is -3.93. The number of ether oxygens (including phenoxy) is 1. The zero-order valence-electron chi connectivity index (χ0n) is 15.7. The third-order valence-electron chi connectivity index (χ3n) is 3.90. The second kappa shape index (κ2) is 9.97. The summed E-state index contributed by atoms with van der Waals surface area (Å²) in [5, 5.41) is 2.77. The molecule has 1 N–H and O–H groups in total. The normalized spacial score (nSPS) is 11.0. The summed E-state index contributed by atoms with van der Waals surface area (Å²) in [6.45, 7) is 4.44. The highest BCUT2D eigenvalue weighted by Crippen LogP contribution is 2.32. The molecule has 146 valence electrons. The number of carbonyl (C=O) groups is 1. The Morgan fingerprint density at radius 2 is 1.70 bits per heavy atom. The number of hydrogen-bond donors (Lipinski definition) is 1. The van der Waals surface area contributed by atoms with Crippen LogP contribution in [0, 0.1) is 0 Å². The molecule has 2 aromatic rings. The van der Waals surface area contributed by atoms with Crippen molar-refractivity contribution >= 4 is 21.6 Å². The van der Waals surface area contributed by atoms with E-state index >= 15 is 0 Å². The third-order valence-corrected chi connectivity index (χ3v) is 5.68. The molecule has 0 saturated carbocycles. The van der Waals surface area contributed by atoms with Crippen molar-refractivity contribution in [3.63, 3.8) is 0 Å². The van der Waals surface area contributed by atoms with E-state index in [0.29, 0.717) is 24.6 Å². The maximum absolute atomic E-state index is 13.2. The van der Waals surface area contributed by atoms with Crippen molar-refractivity contribution in [2.45, 2.75) is 31.6 Å². The average molecular weight is 391 g/mol. The Kier molecular flexibility index (Phi) is 7.67. The van der Waals surface area contributed by atoms with Gasteiger partial charge in [-0.05, 0) is 37.6 Å². The van der Waals surface area contributed by atoms with Crippen LogP contribution in [0.25, 0.3) is 0 Å². The number of benzene rings is 2. The maximum Gasteiger partial charge on any atom is 0.264 e. The van der Waals surface area contributed by atoms with Crippen molar-refractivity contribution in [1.29, 1.82) is 0 Å². The summed E-state index contributed by atoms with van der Waals surface area (Å²) >= 11 is 0. The van der Waals surface area contributed by atoms with Crippen LogP contribution < -0.4 is 14.4 Å². The van der Waals surface area contributed by atoms with Gasteiger partial charge in [0.25, 0.3) is 10.0 Å². The Balaban J connectivity index is 2.42. The predicted octanol–water partition coefficient (Wildman–Crippen LogP) is 3.20. The summed E-state index contributed by atoms with van der Waals surface area (Å²) in [4.78, 5) is 12.5. The number of hydrogen-bond acceptors (Lipinski definition) is 4. The fraction of sp³-hybridized carbons (Fsp3) is 0.350. The van der Waals surface area contributed by atoms with Crippen molar-refractivity contribution in [1.82, 2.24) is 5.32 Å². The fourth-order valence-corrected chi connectivity index (χ4v) is 4.00. The van der Waals surface area contributed by atoms with Crippen molar-refractivity contribution in [3.8, 4) is 5.75 Å². The first-order valence-electron chi connectivity index (χ1n) is 9.07. The number of anilines is 1. The monoisotopic (exact) mass is 390 g/mol. The fourth-order valence-electron chi connectivity index (χ4n) is 2.55. The van der Waals surface area contributed by atoms with Crippen LogP contribution in [-0.4, -0.2) is 34.0 Å². The number of nitrogens with one attached hydrogen (secondary N) is 1. The summed E-state index contributed by atoms with van der Waals surface area (Å²) in [5.41, 5.74) is 0.342. The molecule has 7 heteroatoms. The molecule has 1 amide bonds. The summed E-state index contributed by atoms with van der Waals surface area (Å²) in [6.07, 6.45) is 1.78. The van der Waals surface area contributed by atoms with Crippen LogP contribution in [0.1, 0.15) is 26.7 Å². The van der Waals surface area contributed by atoms with E-state index in [9.17, 15) is 13.2 Å². The molecular weight excluding hydrogens is 364 g/mol. The summed E-state index contributed by atoms with van der Waals surface area (Å²) < 4.78 is 33.2. The van der Waals surface area contributed by atoms with E-state index in [-0.39, 0.29) is 17.3 Å². The van der Waals surface area contributed by atoms with Gasteiger partial charge < -0.3 is 10.1 Å². The van der Waals surface area contributed by atoms with E-state index in [1.807, 2.05) is 13.8 Å².